The Hall–Kier alpha value is -7.22. The van der Waals surface area contributed by atoms with E-state index in [4.69, 9.17) is 4.42 Å². The molecule has 13 rings (SSSR count). The zero-order valence-electron chi connectivity index (χ0n) is 30.4. The van der Waals surface area contributed by atoms with Gasteiger partial charge in [-0.15, -0.1) is 0 Å². The van der Waals surface area contributed by atoms with Crippen LogP contribution in [0.15, 0.2) is 199 Å². The zero-order valence-corrected chi connectivity index (χ0v) is 30.4. The van der Waals surface area contributed by atoms with Crippen LogP contribution in [-0.4, -0.2) is 0 Å². The third-order valence-electron chi connectivity index (χ3n) is 12.9. The number of furan rings is 1. The fourth-order valence-corrected chi connectivity index (χ4v) is 10.6. The molecular formula is C55H32O. The lowest BCUT2D eigenvalue weighted by molar-refractivity contribution is 0.673. The molecule has 1 spiro atoms. The van der Waals surface area contributed by atoms with Crippen LogP contribution in [0.4, 0.5) is 0 Å². The highest BCUT2D eigenvalue weighted by molar-refractivity contribution is 6.19. The molecule has 0 unspecified atom stereocenters. The minimum absolute atomic E-state index is 0.490. The molecule has 258 valence electrons. The topological polar surface area (TPSA) is 13.1 Å². The minimum atomic E-state index is -0.490. The second kappa shape index (κ2) is 10.9. The Balaban J connectivity index is 1.12. The molecule has 0 fully saturated rings. The zero-order chi connectivity index (χ0) is 36.5. The maximum atomic E-state index is 6.68. The molecule has 1 aromatic heterocycles. The summed E-state index contributed by atoms with van der Waals surface area (Å²) in [7, 11) is 0. The Kier molecular flexibility index (Phi) is 5.89. The monoisotopic (exact) mass is 708 g/mol. The second-order valence-corrected chi connectivity index (χ2v) is 15.5. The number of hydrogen-bond acceptors (Lipinski definition) is 1. The molecule has 0 saturated heterocycles. The van der Waals surface area contributed by atoms with Gasteiger partial charge in [-0.05, 0) is 124 Å². The highest BCUT2D eigenvalue weighted by Gasteiger charge is 2.51. The molecule has 0 atom stereocenters. The molecule has 10 aromatic carbocycles. The first-order valence-corrected chi connectivity index (χ1v) is 19.5. The Bertz CT molecular complexity index is 3440. The van der Waals surface area contributed by atoms with Crippen LogP contribution in [0.1, 0.15) is 22.3 Å². The maximum absolute atomic E-state index is 6.68. The maximum Gasteiger partial charge on any atom is 0.143 e. The molecular weight excluding hydrogens is 677 g/mol. The van der Waals surface area contributed by atoms with Crippen LogP contribution < -0.4 is 0 Å². The van der Waals surface area contributed by atoms with Crippen molar-refractivity contribution in [3.05, 3.63) is 216 Å². The highest BCUT2D eigenvalue weighted by Crippen LogP contribution is 2.64. The third kappa shape index (κ3) is 3.79. The summed E-state index contributed by atoms with van der Waals surface area (Å²) in [5, 5.41) is 9.70. The highest BCUT2D eigenvalue weighted by atomic mass is 16.3. The molecule has 1 heteroatoms. The van der Waals surface area contributed by atoms with Gasteiger partial charge < -0.3 is 4.42 Å². The van der Waals surface area contributed by atoms with Crippen molar-refractivity contribution in [3.8, 4) is 44.5 Å². The van der Waals surface area contributed by atoms with Crippen molar-refractivity contribution in [2.75, 3.05) is 0 Å². The van der Waals surface area contributed by atoms with Crippen LogP contribution >= 0.6 is 0 Å². The second-order valence-electron chi connectivity index (χ2n) is 15.5. The van der Waals surface area contributed by atoms with Gasteiger partial charge in [-0.2, -0.15) is 0 Å². The van der Waals surface area contributed by atoms with E-state index in [0.29, 0.717) is 0 Å². The number of benzene rings is 10. The molecule has 11 aromatic rings. The summed E-state index contributed by atoms with van der Waals surface area (Å²) in [6, 6.07) is 72.2. The van der Waals surface area contributed by atoms with Crippen molar-refractivity contribution in [2.24, 2.45) is 0 Å². The molecule has 0 N–H and O–H groups in total. The van der Waals surface area contributed by atoms with Crippen LogP contribution in [0.5, 0.6) is 0 Å². The van der Waals surface area contributed by atoms with E-state index in [-0.39, 0.29) is 0 Å². The Labute approximate surface area is 323 Å². The predicted molar refractivity (Wildman–Crippen MR) is 233 cm³/mol. The van der Waals surface area contributed by atoms with Crippen molar-refractivity contribution in [1.29, 1.82) is 0 Å². The summed E-state index contributed by atoms with van der Waals surface area (Å²) in [4.78, 5) is 0. The first kappa shape index (κ1) is 30.1. The lowest BCUT2D eigenvalue weighted by Gasteiger charge is -2.31. The molecule has 56 heavy (non-hydrogen) atoms. The fraction of sp³-hybridized carbons (Fsp3) is 0.0182. The summed E-state index contributed by atoms with van der Waals surface area (Å²) < 4.78 is 6.68. The van der Waals surface area contributed by atoms with Gasteiger partial charge in [-0.1, -0.05) is 164 Å². The number of hydrogen-bond donors (Lipinski definition) is 0. The van der Waals surface area contributed by atoms with Crippen molar-refractivity contribution >= 4 is 54.3 Å². The van der Waals surface area contributed by atoms with E-state index in [1.54, 1.807) is 0 Å². The summed E-state index contributed by atoms with van der Waals surface area (Å²) >= 11 is 0. The van der Waals surface area contributed by atoms with E-state index in [1.807, 2.05) is 0 Å². The third-order valence-corrected chi connectivity index (χ3v) is 12.9. The molecule has 2 aliphatic carbocycles. The largest absolute Gasteiger partial charge is 0.455 e. The smallest absolute Gasteiger partial charge is 0.143 e. The average Bonchev–Trinajstić information content (AvgIpc) is 3.89. The Morgan fingerprint density at radius 1 is 0.304 bits per heavy atom. The van der Waals surface area contributed by atoms with Crippen LogP contribution in [0, 0.1) is 0 Å². The molecule has 0 amide bonds. The van der Waals surface area contributed by atoms with Gasteiger partial charge in [0.05, 0.1) is 5.41 Å². The van der Waals surface area contributed by atoms with E-state index < -0.39 is 5.41 Å². The first-order valence-electron chi connectivity index (χ1n) is 19.5. The quantitative estimate of drug-likeness (QED) is 0.174. The number of fused-ring (bicyclic) bond motifs is 17. The van der Waals surface area contributed by atoms with Gasteiger partial charge in [0.1, 0.15) is 11.2 Å². The Morgan fingerprint density at radius 2 is 0.875 bits per heavy atom. The van der Waals surface area contributed by atoms with Crippen molar-refractivity contribution in [1.82, 2.24) is 0 Å². The van der Waals surface area contributed by atoms with Crippen LogP contribution in [-0.2, 0) is 5.41 Å². The van der Waals surface area contributed by atoms with E-state index in [0.717, 1.165) is 27.3 Å². The summed E-state index contributed by atoms with van der Waals surface area (Å²) in [6.45, 7) is 0. The van der Waals surface area contributed by atoms with Gasteiger partial charge in [0.15, 0.2) is 0 Å². The summed E-state index contributed by atoms with van der Waals surface area (Å²) in [5.41, 5.74) is 16.9. The van der Waals surface area contributed by atoms with Gasteiger partial charge >= 0.3 is 0 Å². The Morgan fingerprint density at radius 3 is 1.68 bits per heavy atom. The standard InChI is InChI=1S/C55H32O/c1-3-16-37-33(12-1)14-9-21-40(37)41-22-10-15-35-30-47-44-28-27-36(38-20-11-25-52-53(38)45-29-26-34-13-2-4-17-39(34)54(45)56-52)31-50(44)55(51(47)32-46(35)41)48-23-7-5-18-42(48)43-19-6-8-24-49(43)55/h1-32H. The van der Waals surface area contributed by atoms with Gasteiger partial charge in [-0.3, -0.25) is 0 Å². The van der Waals surface area contributed by atoms with Crippen molar-refractivity contribution in [3.63, 3.8) is 0 Å². The molecule has 1 heterocycles. The molecule has 2 aliphatic rings. The SMILES string of the molecule is c1ccc2c(c1)-c1ccccc1C21c2cc(-c3cccc4oc5c6ccccc6ccc5c34)ccc2-c2cc3cccc(-c4cccc5ccccc45)c3cc21. The summed E-state index contributed by atoms with van der Waals surface area (Å²) in [6.07, 6.45) is 0. The van der Waals surface area contributed by atoms with Gasteiger partial charge in [0, 0.05) is 16.2 Å². The fourth-order valence-electron chi connectivity index (χ4n) is 10.6. The normalized spacial score (nSPS) is 13.5. The van der Waals surface area contributed by atoms with Crippen molar-refractivity contribution in [2.45, 2.75) is 5.41 Å². The molecule has 1 nitrogen and oxygen atoms in total. The van der Waals surface area contributed by atoms with Crippen molar-refractivity contribution < 1.29 is 4.42 Å². The van der Waals surface area contributed by atoms with E-state index in [1.165, 1.54) is 93.7 Å². The number of rotatable bonds is 2. The van der Waals surface area contributed by atoms with Gasteiger partial charge in [0.2, 0.25) is 0 Å². The average molecular weight is 709 g/mol. The lowest BCUT2D eigenvalue weighted by atomic mass is 9.70. The molecule has 0 radical (unpaired) electrons. The van der Waals surface area contributed by atoms with E-state index in [2.05, 4.69) is 194 Å². The summed E-state index contributed by atoms with van der Waals surface area (Å²) in [5.74, 6) is 0. The van der Waals surface area contributed by atoms with Crippen LogP contribution in [0.25, 0.3) is 98.8 Å². The van der Waals surface area contributed by atoms with E-state index in [9.17, 15) is 0 Å². The lowest BCUT2D eigenvalue weighted by Crippen LogP contribution is -2.26. The van der Waals surface area contributed by atoms with Gasteiger partial charge in [-0.25, -0.2) is 0 Å². The van der Waals surface area contributed by atoms with Crippen LogP contribution in [0.2, 0.25) is 0 Å². The van der Waals surface area contributed by atoms with Gasteiger partial charge in [0.25, 0.3) is 0 Å². The van der Waals surface area contributed by atoms with E-state index >= 15 is 0 Å². The van der Waals surface area contributed by atoms with Crippen LogP contribution in [0.3, 0.4) is 0 Å². The minimum Gasteiger partial charge on any atom is -0.455 e. The molecule has 0 aliphatic heterocycles. The molecule has 0 bridgehead atoms. The molecule has 0 saturated carbocycles. The predicted octanol–water partition coefficient (Wildman–Crippen LogP) is 14.7. The first-order chi connectivity index (χ1) is 27.8.